The molecule has 0 fully saturated rings. The third kappa shape index (κ3) is 2.83. The Bertz CT molecular complexity index is 569. The minimum atomic E-state index is -4.86. The highest BCUT2D eigenvalue weighted by Gasteiger charge is 2.44. The fourth-order valence-electron chi connectivity index (χ4n) is 2.26. The lowest BCUT2D eigenvalue weighted by Crippen LogP contribution is -2.38. The maximum absolute atomic E-state index is 13.8. The van der Waals surface area contributed by atoms with Crippen LogP contribution in [-0.2, 0) is 0 Å². The fourth-order valence-corrected chi connectivity index (χ4v) is 2.26. The van der Waals surface area contributed by atoms with Crippen molar-refractivity contribution in [1.29, 1.82) is 0 Å². The number of nitrogens with zero attached hydrogens (tertiary/aromatic N) is 1. The Morgan fingerprint density at radius 2 is 2.00 bits per heavy atom. The van der Waals surface area contributed by atoms with Crippen LogP contribution in [0.25, 0.3) is 5.57 Å². The van der Waals surface area contributed by atoms with Gasteiger partial charge in [0.1, 0.15) is 5.57 Å². The molecule has 1 aliphatic rings. The number of halogens is 4. The molecule has 1 aliphatic heterocycles. The lowest BCUT2D eigenvalue weighted by Gasteiger charge is -2.33. The maximum atomic E-state index is 13.8. The zero-order valence-electron chi connectivity index (χ0n) is 11.6. The Hall–Kier alpha value is -1.76. The summed E-state index contributed by atoms with van der Waals surface area (Å²) in [6, 6.07) is 4.17. The van der Waals surface area contributed by atoms with Crippen molar-refractivity contribution in [3.8, 4) is 0 Å². The Labute approximate surface area is 119 Å². The molecule has 21 heavy (non-hydrogen) atoms. The quantitative estimate of drug-likeness (QED) is 0.839. The molecule has 0 saturated heterocycles. The van der Waals surface area contributed by atoms with Crippen molar-refractivity contribution in [2.45, 2.75) is 25.7 Å². The van der Waals surface area contributed by atoms with Gasteiger partial charge in [0.15, 0.2) is 12.1 Å². The first-order valence-corrected chi connectivity index (χ1v) is 6.53. The van der Waals surface area contributed by atoms with Crippen molar-refractivity contribution in [3.05, 3.63) is 29.6 Å². The molecule has 0 radical (unpaired) electrons. The van der Waals surface area contributed by atoms with Crippen molar-refractivity contribution in [2.24, 2.45) is 0 Å². The van der Waals surface area contributed by atoms with Gasteiger partial charge in [-0.3, -0.25) is 0 Å². The minimum Gasteiger partial charge on any atom is -0.385 e. The number of anilines is 2. The van der Waals surface area contributed by atoms with Gasteiger partial charge < -0.3 is 15.3 Å². The van der Waals surface area contributed by atoms with Crippen molar-refractivity contribution in [1.82, 2.24) is 0 Å². The second-order valence-electron chi connectivity index (χ2n) is 4.86. The zero-order valence-corrected chi connectivity index (χ0v) is 11.6. The van der Waals surface area contributed by atoms with Crippen molar-refractivity contribution in [3.63, 3.8) is 0 Å². The Kier molecular flexibility index (Phi) is 4.13. The number of nitrogens with one attached hydrogen (secondary N) is 1. The van der Waals surface area contributed by atoms with Gasteiger partial charge in [0.2, 0.25) is 0 Å². The van der Waals surface area contributed by atoms with Gasteiger partial charge in [-0.1, -0.05) is 13.0 Å². The van der Waals surface area contributed by atoms with Crippen LogP contribution in [0.3, 0.4) is 0 Å². The summed E-state index contributed by atoms with van der Waals surface area (Å²) in [4.78, 5) is 1.08. The third-order valence-electron chi connectivity index (χ3n) is 3.34. The van der Waals surface area contributed by atoms with E-state index in [1.165, 1.54) is 25.2 Å². The van der Waals surface area contributed by atoms with Crippen LogP contribution in [0.1, 0.15) is 18.9 Å². The number of benzene rings is 1. The SMILES string of the molecule is CCCNc1ccc2c(c1)N(C)C(O)C(F)=C2C(F)(F)F. The van der Waals surface area contributed by atoms with Gasteiger partial charge in [-0.2, -0.15) is 13.2 Å². The molecule has 1 aromatic carbocycles. The zero-order chi connectivity index (χ0) is 15.8. The summed E-state index contributed by atoms with van der Waals surface area (Å²) in [5.74, 6) is -1.58. The molecule has 3 nitrogen and oxygen atoms in total. The molecule has 0 aliphatic carbocycles. The number of hydrogen-bond acceptors (Lipinski definition) is 3. The topological polar surface area (TPSA) is 35.5 Å². The third-order valence-corrected chi connectivity index (χ3v) is 3.34. The molecule has 1 unspecified atom stereocenters. The second-order valence-corrected chi connectivity index (χ2v) is 4.86. The molecule has 116 valence electrons. The van der Waals surface area contributed by atoms with Gasteiger partial charge in [0.05, 0.1) is 0 Å². The van der Waals surface area contributed by atoms with E-state index in [1.54, 1.807) is 0 Å². The normalized spacial score (nSPS) is 18.8. The molecule has 7 heteroatoms. The van der Waals surface area contributed by atoms with Crippen LogP contribution < -0.4 is 10.2 Å². The molecule has 0 amide bonds. The lowest BCUT2D eigenvalue weighted by molar-refractivity contribution is -0.0714. The summed E-state index contributed by atoms with van der Waals surface area (Å²) < 4.78 is 52.9. The van der Waals surface area contributed by atoms with E-state index in [0.717, 1.165) is 11.3 Å². The number of hydrogen-bond donors (Lipinski definition) is 2. The monoisotopic (exact) mass is 304 g/mol. The molecular weight excluding hydrogens is 288 g/mol. The average molecular weight is 304 g/mol. The van der Waals surface area contributed by atoms with E-state index in [4.69, 9.17) is 0 Å². The number of alkyl halides is 3. The van der Waals surface area contributed by atoms with E-state index < -0.39 is 23.8 Å². The maximum Gasteiger partial charge on any atom is 0.419 e. The van der Waals surface area contributed by atoms with Gasteiger partial charge in [-0.05, 0) is 18.6 Å². The molecular formula is C14H16F4N2O. The molecule has 2 rings (SSSR count). The van der Waals surface area contributed by atoms with Gasteiger partial charge in [0.25, 0.3) is 0 Å². The Morgan fingerprint density at radius 1 is 1.33 bits per heavy atom. The van der Waals surface area contributed by atoms with Crippen LogP contribution in [-0.4, -0.2) is 31.1 Å². The molecule has 1 heterocycles. The molecule has 0 spiro atoms. The number of aliphatic hydroxyl groups is 1. The van der Waals surface area contributed by atoms with E-state index in [1.807, 2.05) is 6.92 Å². The van der Waals surface area contributed by atoms with Crippen LogP contribution in [0, 0.1) is 0 Å². The number of fused-ring (bicyclic) bond motifs is 1. The van der Waals surface area contributed by atoms with E-state index in [-0.39, 0.29) is 11.3 Å². The van der Waals surface area contributed by atoms with Crippen LogP contribution in [0.2, 0.25) is 0 Å². The second kappa shape index (κ2) is 5.55. The van der Waals surface area contributed by atoms with Crippen molar-refractivity contribution in [2.75, 3.05) is 23.8 Å². The summed E-state index contributed by atoms with van der Waals surface area (Å²) in [7, 11) is 1.35. The largest absolute Gasteiger partial charge is 0.419 e. The highest BCUT2D eigenvalue weighted by Crippen LogP contribution is 2.46. The first kappa shape index (κ1) is 15.6. The summed E-state index contributed by atoms with van der Waals surface area (Å²) in [5, 5.41) is 12.7. The molecule has 1 aromatic rings. The Morgan fingerprint density at radius 3 is 2.57 bits per heavy atom. The standard InChI is InChI=1S/C14H16F4N2O/c1-3-6-19-8-4-5-9-10(7-8)20(2)13(21)12(15)11(9)14(16,17)18/h4-5,7,13,19,21H,3,6H2,1-2H3. The van der Waals surface area contributed by atoms with Gasteiger partial charge in [0, 0.05) is 30.5 Å². The van der Waals surface area contributed by atoms with Gasteiger partial charge >= 0.3 is 6.18 Å². The van der Waals surface area contributed by atoms with E-state index in [9.17, 15) is 22.7 Å². The number of allylic oxidation sites excluding steroid dienone is 1. The molecule has 2 N–H and O–H groups in total. The summed E-state index contributed by atoms with van der Waals surface area (Å²) in [6.45, 7) is 2.63. The molecule has 0 aromatic heterocycles. The van der Waals surface area contributed by atoms with Crippen LogP contribution in [0.5, 0.6) is 0 Å². The Balaban J connectivity index is 2.54. The number of likely N-dealkylation sites (N-methyl/N-ethyl adjacent to an activating group) is 1. The summed E-state index contributed by atoms with van der Waals surface area (Å²) in [5.41, 5.74) is -0.921. The molecule has 0 saturated carbocycles. The molecule has 0 bridgehead atoms. The van der Waals surface area contributed by atoms with Crippen LogP contribution in [0.4, 0.5) is 28.9 Å². The lowest BCUT2D eigenvalue weighted by atomic mass is 9.96. The average Bonchev–Trinajstić information content (AvgIpc) is 2.41. The van der Waals surface area contributed by atoms with Gasteiger partial charge in [-0.25, -0.2) is 4.39 Å². The van der Waals surface area contributed by atoms with Gasteiger partial charge in [-0.15, -0.1) is 0 Å². The fraction of sp³-hybridized carbons (Fsp3) is 0.429. The molecule has 1 atom stereocenters. The predicted molar refractivity (Wildman–Crippen MR) is 73.7 cm³/mol. The van der Waals surface area contributed by atoms with Crippen molar-refractivity contribution < 1.29 is 22.7 Å². The summed E-state index contributed by atoms with van der Waals surface area (Å²) >= 11 is 0. The number of aliphatic hydroxyl groups excluding tert-OH is 1. The van der Waals surface area contributed by atoms with Crippen LogP contribution >= 0.6 is 0 Å². The number of rotatable bonds is 3. The predicted octanol–water partition coefficient (Wildman–Crippen LogP) is 3.52. The van der Waals surface area contributed by atoms with Crippen molar-refractivity contribution >= 4 is 16.9 Å². The smallest absolute Gasteiger partial charge is 0.385 e. The van der Waals surface area contributed by atoms with E-state index >= 15 is 0 Å². The minimum absolute atomic E-state index is 0.136. The van der Waals surface area contributed by atoms with E-state index in [0.29, 0.717) is 12.2 Å². The van der Waals surface area contributed by atoms with E-state index in [2.05, 4.69) is 5.32 Å². The first-order valence-electron chi connectivity index (χ1n) is 6.53. The highest BCUT2D eigenvalue weighted by atomic mass is 19.4. The first-order chi connectivity index (χ1) is 9.77. The summed E-state index contributed by atoms with van der Waals surface area (Å²) in [6.07, 6.45) is -5.94. The van der Waals surface area contributed by atoms with Crippen LogP contribution in [0.15, 0.2) is 24.0 Å². The highest BCUT2D eigenvalue weighted by molar-refractivity contribution is 5.86.